The van der Waals surface area contributed by atoms with Crippen LogP contribution in [-0.4, -0.2) is 30.7 Å². The highest BCUT2D eigenvalue weighted by atomic mass is 16.3. The van der Waals surface area contributed by atoms with Crippen LogP contribution in [0, 0.1) is 5.92 Å². The van der Waals surface area contributed by atoms with Gasteiger partial charge in [0, 0.05) is 31.1 Å². The Kier molecular flexibility index (Phi) is 2.96. The topological polar surface area (TPSA) is 52.6 Å². The van der Waals surface area contributed by atoms with Crippen LogP contribution in [0.25, 0.3) is 0 Å². The van der Waals surface area contributed by atoms with Crippen LogP contribution in [0.3, 0.4) is 0 Å². The first-order valence-corrected chi connectivity index (χ1v) is 6.55. The Balaban J connectivity index is 1.74. The molecule has 4 heteroatoms. The summed E-state index contributed by atoms with van der Waals surface area (Å²) in [6.07, 6.45) is 2.59. The molecule has 0 radical (unpaired) electrons. The molecule has 0 bridgehead atoms. The summed E-state index contributed by atoms with van der Waals surface area (Å²) in [4.78, 5) is 13.7. The Morgan fingerprint density at radius 3 is 2.83 bits per heavy atom. The Labute approximate surface area is 107 Å². The van der Waals surface area contributed by atoms with Crippen molar-refractivity contribution in [3.8, 4) is 0 Å². The molecule has 0 atom stereocenters. The average Bonchev–Trinajstić information content (AvgIpc) is 2.78. The smallest absolute Gasteiger partial charge is 0.228 e. The molecular formula is C14H18N2O2. The van der Waals surface area contributed by atoms with E-state index in [-0.39, 0.29) is 5.91 Å². The summed E-state index contributed by atoms with van der Waals surface area (Å²) >= 11 is 0. The molecule has 0 aliphatic carbocycles. The van der Waals surface area contributed by atoms with Gasteiger partial charge in [-0.3, -0.25) is 4.79 Å². The monoisotopic (exact) mass is 246 g/mol. The van der Waals surface area contributed by atoms with E-state index in [1.807, 2.05) is 6.07 Å². The van der Waals surface area contributed by atoms with Crippen LogP contribution in [0.1, 0.15) is 18.4 Å². The van der Waals surface area contributed by atoms with Gasteiger partial charge in [-0.15, -0.1) is 0 Å². The first-order valence-electron chi connectivity index (χ1n) is 6.55. The molecule has 3 rings (SSSR count). The summed E-state index contributed by atoms with van der Waals surface area (Å²) in [5.74, 6) is 0.542. The molecule has 0 unspecified atom stereocenters. The SMILES string of the molecule is O=C1Cc2cc(N3CCC(CO)CC3)ccc2N1. The summed E-state index contributed by atoms with van der Waals surface area (Å²) in [6.45, 7) is 2.28. The van der Waals surface area contributed by atoms with Gasteiger partial charge in [-0.05, 0) is 42.5 Å². The second-order valence-corrected chi connectivity index (χ2v) is 5.18. The van der Waals surface area contributed by atoms with Crippen molar-refractivity contribution in [2.24, 2.45) is 5.92 Å². The molecule has 0 spiro atoms. The predicted molar refractivity (Wildman–Crippen MR) is 70.8 cm³/mol. The minimum atomic E-state index is 0.0844. The van der Waals surface area contributed by atoms with Crippen molar-refractivity contribution in [3.05, 3.63) is 23.8 Å². The fourth-order valence-electron chi connectivity index (χ4n) is 2.79. The first kappa shape index (κ1) is 11.5. The van der Waals surface area contributed by atoms with Gasteiger partial charge in [0.15, 0.2) is 0 Å². The molecule has 4 nitrogen and oxygen atoms in total. The molecule has 18 heavy (non-hydrogen) atoms. The molecule has 1 saturated heterocycles. The molecule has 0 aromatic heterocycles. The number of carbonyl (C=O) groups is 1. The molecule has 0 saturated carbocycles. The van der Waals surface area contributed by atoms with Crippen molar-refractivity contribution < 1.29 is 9.90 Å². The standard InChI is InChI=1S/C14H18N2O2/c17-9-10-3-5-16(6-4-10)12-1-2-13-11(7-12)8-14(18)15-13/h1-2,7,10,17H,3-6,8-9H2,(H,15,18). The molecule has 1 amide bonds. The van der Waals surface area contributed by atoms with Crippen molar-refractivity contribution >= 4 is 17.3 Å². The van der Waals surface area contributed by atoms with Crippen LogP contribution < -0.4 is 10.2 Å². The van der Waals surface area contributed by atoms with Crippen molar-refractivity contribution in [2.75, 3.05) is 29.9 Å². The summed E-state index contributed by atoms with van der Waals surface area (Å²) < 4.78 is 0. The van der Waals surface area contributed by atoms with Gasteiger partial charge in [0.05, 0.1) is 6.42 Å². The Morgan fingerprint density at radius 1 is 1.33 bits per heavy atom. The summed E-state index contributed by atoms with van der Waals surface area (Å²) in [5, 5.41) is 12.0. The quantitative estimate of drug-likeness (QED) is 0.829. The van der Waals surface area contributed by atoms with Gasteiger partial charge in [-0.25, -0.2) is 0 Å². The highest BCUT2D eigenvalue weighted by Gasteiger charge is 2.22. The number of nitrogens with one attached hydrogen (secondary N) is 1. The lowest BCUT2D eigenvalue weighted by molar-refractivity contribution is -0.115. The molecule has 1 fully saturated rings. The number of carbonyl (C=O) groups excluding carboxylic acids is 1. The fourth-order valence-corrected chi connectivity index (χ4v) is 2.79. The molecule has 1 aromatic rings. The first-order chi connectivity index (χ1) is 8.76. The number of aliphatic hydroxyl groups excluding tert-OH is 1. The zero-order valence-electron chi connectivity index (χ0n) is 10.4. The van der Waals surface area contributed by atoms with E-state index in [1.165, 1.54) is 5.69 Å². The molecule has 2 aliphatic rings. The Bertz CT molecular complexity index is 465. The van der Waals surface area contributed by atoms with Crippen LogP contribution in [0.5, 0.6) is 0 Å². The second kappa shape index (κ2) is 4.61. The van der Waals surface area contributed by atoms with E-state index in [9.17, 15) is 4.79 Å². The van der Waals surface area contributed by atoms with Crippen LogP contribution in [0.15, 0.2) is 18.2 Å². The van der Waals surface area contributed by atoms with E-state index in [4.69, 9.17) is 5.11 Å². The normalized spacial score (nSPS) is 19.8. The van der Waals surface area contributed by atoms with Gasteiger partial charge in [0.2, 0.25) is 5.91 Å². The van der Waals surface area contributed by atoms with Gasteiger partial charge in [0.1, 0.15) is 0 Å². The summed E-state index contributed by atoms with van der Waals surface area (Å²) in [7, 11) is 0. The van der Waals surface area contributed by atoms with E-state index in [0.717, 1.165) is 37.2 Å². The van der Waals surface area contributed by atoms with Crippen LogP contribution >= 0.6 is 0 Å². The van der Waals surface area contributed by atoms with Crippen LogP contribution in [0.4, 0.5) is 11.4 Å². The largest absolute Gasteiger partial charge is 0.396 e. The van der Waals surface area contributed by atoms with E-state index in [0.29, 0.717) is 18.9 Å². The minimum Gasteiger partial charge on any atom is -0.396 e. The van der Waals surface area contributed by atoms with Gasteiger partial charge in [-0.2, -0.15) is 0 Å². The third-order valence-electron chi connectivity index (χ3n) is 3.95. The third kappa shape index (κ3) is 2.08. The average molecular weight is 246 g/mol. The predicted octanol–water partition coefficient (Wildman–Crippen LogP) is 1.39. The summed E-state index contributed by atoms with van der Waals surface area (Å²) in [6, 6.07) is 6.18. The van der Waals surface area contributed by atoms with Gasteiger partial charge in [-0.1, -0.05) is 0 Å². The van der Waals surface area contributed by atoms with Crippen LogP contribution in [-0.2, 0) is 11.2 Å². The lowest BCUT2D eigenvalue weighted by Crippen LogP contribution is -2.34. The number of hydrogen-bond donors (Lipinski definition) is 2. The molecule has 96 valence electrons. The van der Waals surface area contributed by atoms with Gasteiger partial charge < -0.3 is 15.3 Å². The highest BCUT2D eigenvalue weighted by Crippen LogP contribution is 2.30. The van der Waals surface area contributed by atoms with Crippen molar-refractivity contribution in [1.29, 1.82) is 0 Å². The lowest BCUT2D eigenvalue weighted by atomic mass is 9.97. The van der Waals surface area contributed by atoms with Crippen molar-refractivity contribution in [1.82, 2.24) is 0 Å². The van der Waals surface area contributed by atoms with E-state index >= 15 is 0 Å². The Morgan fingerprint density at radius 2 is 2.11 bits per heavy atom. The highest BCUT2D eigenvalue weighted by molar-refractivity contribution is 5.99. The number of fused-ring (bicyclic) bond motifs is 1. The van der Waals surface area contributed by atoms with Crippen molar-refractivity contribution in [3.63, 3.8) is 0 Å². The molecule has 2 aliphatic heterocycles. The second-order valence-electron chi connectivity index (χ2n) is 5.18. The van der Waals surface area contributed by atoms with E-state index in [1.54, 1.807) is 0 Å². The van der Waals surface area contributed by atoms with Gasteiger partial charge >= 0.3 is 0 Å². The number of benzene rings is 1. The number of anilines is 2. The number of hydrogen-bond acceptors (Lipinski definition) is 3. The maximum absolute atomic E-state index is 11.3. The fraction of sp³-hybridized carbons (Fsp3) is 0.500. The summed E-state index contributed by atoms with van der Waals surface area (Å²) in [5.41, 5.74) is 3.25. The van der Waals surface area contributed by atoms with Crippen LogP contribution in [0.2, 0.25) is 0 Å². The zero-order chi connectivity index (χ0) is 12.5. The molecular weight excluding hydrogens is 228 g/mol. The number of piperidine rings is 1. The lowest BCUT2D eigenvalue weighted by Gasteiger charge is -2.33. The number of nitrogens with zero attached hydrogens (tertiary/aromatic N) is 1. The van der Waals surface area contributed by atoms with Crippen molar-refractivity contribution in [2.45, 2.75) is 19.3 Å². The number of aliphatic hydroxyl groups is 1. The zero-order valence-corrected chi connectivity index (χ0v) is 10.4. The molecule has 2 heterocycles. The molecule has 1 aromatic carbocycles. The Hall–Kier alpha value is -1.55. The van der Waals surface area contributed by atoms with E-state index in [2.05, 4.69) is 22.3 Å². The minimum absolute atomic E-state index is 0.0844. The maximum atomic E-state index is 11.3. The third-order valence-corrected chi connectivity index (χ3v) is 3.95. The molecule has 2 N–H and O–H groups in total. The number of rotatable bonds is 2. The van der Waals surface area contributed by atoms with Gasteiger partial charge in [0.25, 0.3) is 0 Å². The maximum Gasteiger partial charge on any atom is 0.228 e. The number of amides is 1. The van der Waals surface area contributed by atoms with E-state index < -0.39 is 0 Å².